The van der Waals surface area contributed by atoms with Gasteiger partial charge in [0.25, 0.3) is 5.56 Å². The van der Waals surface area contributed by atoms with Crippen LogP contribution in [0.3, 0.4) is 0 Å². The smallest absolute Gasteiger partial charge is 0.313 e. The van der Waals surface area contributed by atoms with Crippen LogP contribution in [-0.4, -0.2) is 41.6 Å². The van der Waals surface area contributed by atoms with Gasteiger partial charge in [-0.3, -0.25) is 14.2 Å². The van der Waals surface area contributed by atoms with Crippen molar-refractivity contribution in [3.8, 4) is 0 Å². The number of hydrogen-bond donors (Lipinski definition) is 0. The number of nitrogens with zero attached hydrogens (tertiary/aromatic N) is 2. The van der Waals surface area contributed by atoms with Crippen LogP contribution in [0, 0.1) is 6.92 Å². The van der Waals surface area contributed by atoms with Gasteiger partial charge in [0, 0.05) is 18.1 Å². The normalized spacial score (nSPS) is 16.5. The lowest BCUT2D eigenvalue weighted by Gasteiger charge is -2.22. The molecule has 7 nitrogen and oxygen atoms in total. The summed E-state index contributed by atoms with van der Waals surface area (Å²) in [5.41, 5.74) is 0.681. The molecule has 0 amide bonds. The van der Waals surface area contributed by atoms with Crippen LogP contribution in [0.25, 0.3) is 10.2 Å². The van der Waals surface area contributed by atoms with Gasteiger partial charge >= 0.3 is 5.97 Å². The minimum atomic E-state index is -0.513. The Morgan fingerprint density at radius 2 is 1.96 bits per heavy atom. The average Bonchev–Trinajstić information content (AvgIpc) is 3.03. The first-order valence-corrected chi connectivity index (χ1v) is 10.8. The number of carbonyl (C=O) groups is 1. The van der Waals surface area contributed by atoms with Gasteiger partial charge in [-0.15, -0.1) is 11.3 Å². The highest BCUT2D eigenvalue weighted by Crippen LogP contribution is 2.41. The first kappa shape index (κ1) is 21.0. The van der Waals surface area contributed by atoms with Gasteiger partial charge in [-0.05, 0) is 52.5 Å². The van der Waals surface area contributed by atoms with E-state index in [0.717, 1.165) is 23.3 Å². The second-order valence-corrected chi connectivity index (χ2v) is 7.81. The molecule has 2 heterocycles. The van der Waals surface area contributed by atoms with Crippen molar-refractivity contribution in [2.75, 3.05) is 19.8 Å². The molecule has 0 spiro atoms. The molecule has 1 aliphatic rings. The molecule has 0 N–H and O–H groups in total. The van der Waals surface area contributed by atoms with E-state index in [0.29, 0.717) is 42.3 Å². The van der Waals surface area contributed by atoms with E-state index in [1.165, 1.54) is 11.3 Å². The second kappa shape index (κ2) is 9.15. The average molecular weight is 409 g/mol. The molecular formula is C20H28N2O5S. The highest BCUT2D eigenvalue weighted by Gasteiger charge is 2.33. The van der Waals surface area contributed by atoms with E-state index in [1.807, 2.05) is 20.8 Å². The largest absolute Gasteiger partial charge is 0.466 e. The van der Waals surface area contributed by atoms with Crippen molar-refractivity contribution in [2.24, 2.45) is 0 Å². The summed E-state index contributed by atoms with van der Waals surface area (Å²) in [4.78, 5) is 32.4. The third-order valence-corrected chi connectivity index (χ3v) is 6.13. The van der Waals surface area contributed by atoms with Crippen LogP contribution in [0.1, 0.15) is 55.8 Å². The first-order chi connectivity index (χ1) is 13.5. The molecular weight excluding hydrogens is 380 g/mol. The molecule has 0 bridgehead atoms. The Hall–Kier alpha value is -1.77. The molecule has 1 aliphatic carbocycles. The van der Waals surface area contributed by atoms with Gasteiger partial charge in [0.15, 0.2) is 6.29 Å². The lowest BCUT2D eigenvalue weighted by Crippen LogP contribution is -2.33. The van der Waals surface area contributed by atoms with Crippen molar-refractivity contribution < 1.29 is 19.0 Å². The topological polar surface area (TPSA) is 79.7 Å². The van der Waals surface area contributed by atoms with Gasteiger partial charge in [-0.2, -0.15) is 0 Å². The number of fused-ring (bicyclic) bond motifs is 3. The van der Waals surface area contributed by atoms with E-state index in [2.05, 4.69) is 4.98 Å². The van der Waals surface area contributed by atoms with E-state index in [9.17, 15) is 9.59 Å². The van der Waals surface area contributed by atoms with E-state index in [-0.39, 0.29) is 18.1 Å². The van der Waals surface area contributed by atoms with Gasteiger partial charge in [0.1, 0.15) is 10.7 Å². The second-order valence-electron chi connectivity index (χ2n) is 6.73. The quantitative estimate of drug-likeness (QED) is 0.493. The van der Waals surface area contributed by atoms with Crippen molar-refractivity contribution in [3.63, 3.8) is 0 Å². The van der Waals surface area contributed by atoms with Gasteiger partial charge in [-0.1, -0.05) is 0 Å². The number of thiophene rings is 1. The molecule has 0 saturated carbocycles. The third kappa shape index (κ3) is 3.99. The van der Waals surface area contributed by atoms with Gasteiger partial charge < -0.3 is 14.2 Å². The molecule has 0 aromatic carbocycles. The lowest BCUT2D eigenvalue weighted by atomic mass is 9.86. The molecule has 1 atom stereocenters. The Bertz CT molecular complexity index is 898. The highest BCUT2D eigenvalue weighted by molar-refractivity contribution is 7.18. The van der Waals surface area contributed by atoms with Crippen molar-refractivity contribution in [3.05, 3.63) is 26.6 Å². The molecule has 8 heteroatoms. The summed E-state index contributed by atoms with van der Waals surface area (Å²) >= 11 is 1.52. The zero-order valence-corrected chi connectivity index (χ0v) is 17.8. The maximum absolute atomic E-state index is 13.4. The Labute approximate surface area is 168 Å². The van der Waals surface area contributed by atoms with Crippen LogP contribution in [0.15, 0.2) is 4.79 Å². The van der Waals surface area contributed by atoms with E-state index in [1.54, 1.807) is 11.5 Å². The number of aromatic nitrogens is 2. The Kier molecular flexibility index (Phi) is 6.85. The Balaban J connectivity index is 2.10. The minimum Gasteiger partial charge on any atom is -0.466 e. The van der Waals surface area contributed by atoms with Crippen molar-refractivity contribution >= 4 is 27.5 Å². The summed E-state index contributed by atoms with van der Waals surface area (Å²) in [6, 6.07) is 0. The number of aryl methyl sites for hydroxylation is 2. The predicted molar refractivity (Wildman–Crippen MR) is 108 cm³/mol. The highest BCUT2D eigenvalue weighted by atomic mass is 32.1. The maximum Gasteiger partial charge on any atom is 0.313 e. The lowest BCUT2D eigenvalue weighted by molar-refractivity contribution is -0.145. The van der Waals surface area contributed by atoms with E-state index < -0.39 is 12.2 Å². The standard InChI is InChI=1S/C20H28N2O5S/c1-5-25-15(26-6-2)11-22-12(4)21-18-17(19(22)23)16-13(20(24)27-7-3)9-8-10-14(16)28-18/h13,15H,5-11H2,1-4H3. The third-order valence-electron chi connectivity index (χ3n) is 4.97. The zero-order chi connectivity index (χ0) is 20.3. The van der Waals surface area contributed by atoms with Crippen LogP contribution in [-0.2, 0) is 32.0 Å². The van der Waals surface area contributed by atoms with Crippen LogP contribution in [0.5, 0.6) is 0 Å². The summed E-state index contributed by atoms with van der Waals surface area (Å²) in [5, 5.41) is 0.551. The van der Waals surface area contributed by atoms with Crippen LogP contribution in [0.2, 0.25) is 0 Å². The molecule has 28 heavy (non-hydrogen) atoms. The molecule has 1 unspecified atom stereocenters. The van der Waals surface area contributed by atoms with E-state index in [4.69, 9.17) is 14.2 Å². The molecule has 0 saturated heterocycles. The summed E-state index contributed by atoms with van der Waals surface area (Å²) in [6.07, 6.45) is 1.96. The Morgan fingerprint density at radius 3 is 2.61 bits per heavy atom. The first-order valence-electron chi connectivity index (χ1n) is 9.94. The fraction of sp³-hybridized carbons (Fsp3) is 0.650. The summed E-state index contributed by atoms with van der Waals surface area (Å²) in [7, 11) is 0. The molecule has 0 fully saturated rings. The van der Waals surface area contributed by atoms with Gasteiger partial charge in [0.2, 0.25) is 0 Å². The number of ether oxygens (including phenoxy) is 3. The van der Waals surface area contributed by atoms with Crippen molar-refractivity contribution in [1.29, 1.82) is 0 Å². The van der Waals surface area contributed by atoms with Crippen LogP contribution >= 0.6 is 11.3 Å². The molecule has 3 rings (SSSR count). The molecule has 154 valence electrons. The molecule has 2 aromatic heterocycles. The maximum atomic E-state index is 13.4. The van der Waals surface area contributed by atoms with Crippen LogP contribution < -0.4 is 5.56 Å². The molecule has 2 aromatic rings. The van der Waals surface area contributed by atoms with Crippen LogP contribution in [0.4, 0.5) is 0 Å². The fourth-order valence-electron chi connectivity index (χ4n) is 3.79. The monoisotopic (exact) mass is 408 g/mol. The summed E-state index contributed by atoms with van der Waals surface area (Å²) < 4.78 is 18.1. The minimum absolute atomic E-state index is 0.138. The van der Waals surface area contributed by atoms with Crippen molar-refractivity contribution in [1.82, 2.24) is 9.55 Å². The molecule has 0 aliphatic heterocycles. The molecule has 0 radical (unpaired) electrons. The number of esters is 1. The number of rotatable bonds is 8. The zero-order valence-electron chi connectivity index (χ0n) is 16.9. The summed E-state index contributed by atoms with van der Waals surface area (Å²) in [6.45, 7) is 8.98. The number of carbonyl (C=O) groups excluding carboxylic acids is 1. The van der Waals surface area contributed by atoms with Crippen molar-refractivity contribution in [2.45, 2.75) is 65.7 Å². The fourth-order valence-corrected chi connectivity index (χ4v) is 5.10. The predicted octanol–water partition coefficient (Wildman–Crippen LogP) is 3.15. The van der Waals surface area contributed by atoms with E-state index >= 15 is 0 Å². The van der Waals surface area contributed by atoms with Gasteiger partial charge in [0.05, 0.1) is 24.5 Å². The SMILES string of the molecule is CCOC(=O)C1CCCc2sc3nc(C)n(CC(OCC)OCC)c(=O)c3c21. The Morgan fingerprint density at radius 1 is 1.25 bits per heavy atom. The summed E-state index contributed by atoms with van der Waals surface area (Å²) in [5.74, 6) is -0.0259. The van der Waals surface area contributed by atoms with Gasteiger partial charge in [-0.25, -0.2) is 4.98 Å². The number of hydrogen-bond acceptors (Lipinski definition) is 7.